The fourth-order valence-electron chi connectivity index (χ4n) is 1.34. The van der Waals surface area contributed by atoms with Crippen LogP contribution in [0.4, 0.5) is 0 Å². The van der Waals surface area contributed by atoms with Crippen molar-refractivity contribution in [3.63, 3.8) is 0 Å². The molecule has 0 spiro atoms. The van der Waals surface area contributed by atoms with Crippen LogP contribution in [0.25, 0.3) is 10.8 Å². The van der Waals surface area contributed by atoms with Gasteiger partial charge in [-0.15, -0.1) is 0 Å². The molecule has 0 N–H and O–H groups in total. The van der Waals surface area contributed by atoms with E-state index in [9.17, 15) is 0 Å². The van der Waals surface area contributed by atoms with Crippen LogP contribution in [-0.2, 0) is 5.33 Å². The first-order chi connectivity index (χ1) is 6.31. The van der Waals surface area contributed by atoms with E-state index in [1.165, 1.54) is 0 Å². The molecule has 1 aromatic heterocycles. The Hall–Kier alpha value is -0.600. The first kappa shape index (κ1) is 8.97. The normalized spacial score (nSPS) is 10.6. The Balaban J connectivity index is 2.81. The highest BCUT2D eigenvalue weighted by Gasteiger charge is 2.02. The zero-order valence-corrected chi connectivity index (χ0v) is 9.14. The summed E-state index contributed by atoms with van der Waals surface area (Å²) >= 11 is 9.26. The van der Waals surface area contributed by atoms with Gasteiger partial charge in [-0.2, -0.15) is 0 Å². The third-order valence-electron chi connectivity index (χ3n) is 1.91. The summed E-state index contributed by atoms with van der Waals surface area (Å²) < 4.78 is 0. The van der Waals surface area contributed by atoms with Gasteiger partial charge in [-0.25, -0.2) is 4.98 Å². The van der Waals surface area contributed by atoms with Crippen molar-refractivity contribution in [2.24, 2.45) is 0 Å². The molecule has 0 radical (unpaired) electrons. The van der Waals surface area contributed by atoms with Gasteiger partial charge in [0.05, 0.1) is 5.69 Å². The molecule has 0 aliphatic carbocycles. The number of halogens is 2. The smallest absolute Gasteiger partial charge is 0.130 e. The van der Waals surface area contributed by atoms with Crippen LogP contribution >= 0.6 is 27.5 Å². The molecular weight excluding hydrogens is 249 g/mol. The van der Waals surface area contributed by atoms with Gasteiger partial charge in [-0.05, 0) is 11.5 Å². The topological polar surface area (TPSA) is 12.9 Å². The van der Waals surface area contributed by atoms with Gasteiger partial charge in [0.15, 0.2) is 0 Å². The lowest BCUT2D eigenvalue weighted by Gasteiger charge is -2.02. The van der Waals surface area contributed by atoms with Gasteiger partial charge < -0.3 is 0 Å². The monoisotopic (exact) mass is 255 g/mol. The van der Waals surface area contributed by atoms with Crippen LogP contribution < -0.4 is 0 Å². The number of benzene rings is 1. The fourth-order valence-corrected chi connectivity index (χ4v) is 1.98. The first-order valence-corrected chi connectivity index (χ1v) is 5.41. The number of hydrogen-bond donors (Lipinski definition) is 0. The summed E-state index contributed by atoms with van der Waals surface area (Å²) in [6, 6.07) is 9.97. The maximum atomic E-state index is 5.87. The van der Waals surface area contributed by atoms with E-state index in [0.717, 1.165) is 21.8 Å². The van der Waals surface area contributed by atoms with Crippen LogP contribution in [-0.4, -0.2) is 4.98 Å². The minimum absolute atomic E-state index is 0.549. The molecule has 0 atom stereocenters. The Morgan fingerprint density at radius 2 is 2.08 bits per heavy atom. The summed E-state index contributed by atoms with van der Waals surface area (Å²) in [4.78, 5) is 4.24. The molecule has 1 heterocycles. The summed E-state index contributed by atoms with van der Waals surface area (Å²) in [5, 5.41) is 3.57. The number of aromatic nitrogens is 1. The summed E-state index contributed by atoms with van der Waals surface area (Å²) in [7, 11) is 0. The van der Waals surface area contributed by atoms with E-state index >= 15 is 0 Å². The zero-order valence-electron chi connectivity index (χ0n) is 6.80. The minimum Gasteiger partial charge on any atom is -0.240 e. The van der Waals surface area contributed by atoms with Crippen molar-refractivity contribution in [2.45, 2.75) is 5.33 Å². The van der Waals surface area contributed by atoms with Gasteiger partial charge in [-0.3, -0.25) is 0 Å². The average molecular weight is 257 g/mol. The Morgan fingerprint density at radius 1 is 1.31 bits per heavy atom. The molecule has 0 unspecified atom stereocenters. The maximum absolute atomic E-state index is 5.87. The van der Waals surface area contributed by atoms with E-state index in [2.05, 4.69) is 27.0 Å². The van der Waals surface area contributed by atoms with Crippen LogP contribution in [0.2, 0.25) is 5.15 Å². The van der Waals surface area contributed by atoms with E-state index in [4.69, 9.17) is 11.6 Å². The van der Waals surface area contributed by atoms with Gasteiger partial charge in [0, 0.05) is 10.7 Å². The highest BCUT2D eigenvalue weighted by atomic mass is 79.9. The molecule has 2 rings (SSSR count). The molecule has 0 saturated heterocycles. The lowest BCUT2D eigenvalue weighted by Crippen LogP contribution is -1.87. The highest BCUT2D eigenvalue weighted by Crippen LogP contribution is 2.22. The standard InChI is InChI=1S/C10H7BrClN/c11-6-9-8-4-2-1-3-7(8)5-10(12)13-9/h1-5H,6H2. The predicted molar refractivity (Wildman–Crippen MR) is 59.4 cm³/mol. The molecule has 0 aliphatic heterocycles. The van der Waals surface area contributed by atoms with Gasteiger partial charge in [0.1, 0.15) is 5.15 Å². The van der Waals surface area contributed by atoms with Gasteiger partial charge in [-0.1, -0.05) is 51.8 Å². The van der Waals surface area contributed by atoms with E-state index < -0.39 is 0 Å². The molecule has 13 heavy (non-hydrogen) atoms. The number of hydrogen-bond acceptors (Lipinski definition) is 1. The molecule has 0 saturated carbocycles. The minimum atomic E-state index is 0.549. The van der Waals surface area contributed by atoms with E-state index in [1.54, 1.807) is 0 Å². The van der Waals surface area contributed by atoms with E-state index in [-0.39, 0.29) is 0 Å². The van der Waals surface area contributed by atoms with Crippen LogP contribution in [0.5, 0.6) is 0 Å². The molecule has 3 heteroatoms. The summed E-state index contributed by atoms with van der Waals surface area (Å²) in [6.07, 6.45) is 0. The lowest BCUT2D eigenvalue weighted by atomic mass is 10.1. The molecule has 66 valence electrons. The second kappa shape index (κ2) is 3.64. The largest absolute Gasteiger partial charge is 0.240 e. The lowest BCUT2D eigenvalue weighted by molar-refractivity contribution is 1.22. The van der Waals surface area contributed by atoms with E-state index in [0.29, 0.717) is 5.15 Å². The van der Waals surface area contributed by atoms with Crippen molar-refractivity contribution in [3.05, 3.63) is 41.2 Å². The number of pyridine rings is 1. The Kier molecular flexibility index (Phi) is 2.51. The summed E-state index contributed by atoms with van der Waals surface area (Å²) in [5.41, 5.74) is 0.989. The van der Waals surface area contributed by atoms with Crippen LogP contribution in [0.15, 0.2) is 30.3 Å². The Labute approximate surface area is 89.9 Å². The highest BCUT2D eigenvalue weighted by molar-refractivity contribution is 9.08. The Bertz CT molecular complexity index is 442. The quantitative estimate of drug-likeness (QED) is 0.559. The maximum Gasteiger partial charge on any atom is 0.130 e. The van der Waals surface area contributed by atoms with Crippen LogP contribution in [0.1, 0.15) is 5.69 Å². The molecule has 0 fully saturated rings. The van der Waals surface area contributed by atoms with Crippen molar-refractivity contribution in [3.8, 4) is 0 Å². The number of nitrogens with zero attached hydrogens (tertiary/aromatic N) is 1. The molecule has 1 nitrogen and oxygen atoms in total. The molecule has 1 aromatic carbocycles. The van der Waals surface area contributed by atoms with Crippen LogP contribution in [0.3, 0.4) is 0 Å². The Morgan fingerprint density at radius 3 is 2.85 bits per heavy atom. The number of rotatable bonds is 1. The van der Waals surface area contributed by atoms with E-state index in [1.807, 2.05) is 24.3 Å². The average Bonchev–Trinajstić information content (AvgIpc) is 2.16. The molecular formula is C10H7BrClN. The second-order valence-electron chi connectivity index (χ2n) is 2.75. The first-order valence-electron chi connectivity index (χ1n) is 3.91. The van der Waals surface area contributed by atoms with Gasteiger partial charge >= 0.3 is 0 Å². The van der Waals surface area contributed by atoms with Crippen molar-refractivity contribution in [2.75, 3.05) is 0 Å². The third kappa shape index (κ3) is 1.69. The second-order valence-corrected chi connectivity index (χ2v) is 3.69. The zero-order chi connectivity index (χ0) is 9.26. The summed E-state index contributed by atoms with van der Waals surface area (Å²) in [6.45, 7) is 0. The molecule has 0 amide bonds. The van der Waals surface area contributed by atoms with Crippen LogP contribution in [0, 0.1) is 0 Å². The molecule has 0 aliphatic rings. The van der Waals surface area contributed by atoms with Crippen molar-refractivity contribution >= 4 is 38.3 Å². The number of fused-ring (bicyclic) bond motifs is 1. The third-order valence-corrected chi connectivity index (χ3v) is 2.64. The van der Waals surface area contributed by atoms with Crippen molar-refractivity contribution in [1.29, 1.82) is 0 Å². The molecule has 0 bridgehead atoms. The van der Waals surface area contributed by atoms with Gasteiger partial charge in [0.2, 0.25) is 0 Å². The summed E-state index contributed by atoms with van der Waals surface area (Å²) in [5.74, 6) is 0. The van der Waals surface area contributed by atoms with Gasteiger partial charge in [0.25, 0.3) is 0 Å². The fraction of sp³-hybridized carbons (Fsp3) is 0.100. The molecule has 2 aromatic rings. The predicted octanol–water partition coefficient (Wildman–Crippen LogP) is 3.78. The number of alkyl halides is 1. The van der Waals surface area contributed by atoms with Crippen molar-refractivity contribution in [1.82, 2.24) is 4.98 Å². The SMILES string of the molecule is Clc1cc2ccccc2c(CBr)n1. The van der Waals surface area contributed by atoms with Crippen molar-refractivity contribution < 1.29 is 0 Å².